The summed E-state index contributed by atoms with van der Waals surface area (Å²) in [5.74, 6) is 1.61. The minimum atomic E-state index is -0.182. The normalized spacial score (nSPS) is 15.1. The topological polar surface area (TPSA) is 52.0 Å². The highest BCUT2D eigenvalue weighted by molar-refractivity contribution is 5.95. The number of aryl methyl sites for hydroxylation is 3. The average Bonchev–Trinajstić information content (AvgIpc) is 2.63. The van der Waals surface area contributed by atoms with E-state index in [9.17, 15) is 4.79 Å². The van der Waals surface area contributed by atoms with Crippen molar-refractivity contribution in [3.05, 3.63) is 52.6 Å². The van der Waals surface area contributed by atoms with E-state index >= 15 is 0 Å². The Balaban J connectivity index is 1.66. The Bertz CT molecular complexity index is 824. The maximum Gasteiger partial charge on any atom is 0.282 e. The smallest absolute Gasteiger partial charge is 0.282 e. The molecule has 0 spiro atoms. The van der Waals surface area contributed by atoms with E-state index in [1.54, 1.807) is 0 Å². The first-order valence-corrected chi connectivity index (χ1v) is 9.44. The van der Waals surface area contributed by atoms with Gasteiger partial charge in [0.25, 0.3) is 5.91 Å². The number of quaternary nitrogens is 1. The van der Waals surface area contributed by atoms with Gasteiger partial charge in [-0.1, -0.05) is 17.7 Å². The summed E-state index contributed by atoms with van der Waals surface area (Å²) < 4.78 is 11.2. The minimum absolute atomic E-state index is 0.0279. The molecule has 1 unspecified atom stereocenters. The van der Waals surface area contributed by atoms with Crippen molar-refractivity contribution in [2.45, 2.75) is 40.3 Å². The maximum atomic E-state index is 12.8. The van der Waals surface area contributed by atoms with Gasteiger partial charge in [0.2, 0.25) is 0 Å². The van der Waals surface area contributed by atoms with Crippen LogP contribution in [0.1, 0.15) is 29.2 Å². The fraction of sp³-hybridized carbons (Fsp3) is 0.409. The molecule has 0 radical (unpaired) electrons. The number of nitrogens with one attached hydrogen (secondary N) is 2. The second-order valence-corrected chi connectivity index (χ2v) is 7.49. The number of fused-ring (bicyclic) bond motifs is 1. The first kappa shape index (κ1) is 19.2. The van der Waals surface area contributed by atoms with Crippen LogP contribution in [0, 0.1) is 20.8 Å². The van der Waals surface area contributed by atoms with E-state index in [4.69, 9.17) is 9.47 Å². The Kier molecular flexibility index (Phi) is 5.71. The van der Waals surface area contributed by atoms with Gasteiger partial charge in [0.1, 0.15) is 19.8 Å². The molecule has 1 aliphatic heterocycles. The van der Waals surface area contributed by atoms with Crippen molar-refractivity contribution in [3.63, 3.8) is 0 Å². The lowest BCUT2D eigenvalue weighted by Crippen LogP contribution is -3.12. The lowest BCUT2D eigenvalue weighted by Gasteiger charge is -2.23. The number of amides is 1. The van der Waals surface area contributed by atoms with Crippen LogP contribution < -0.4 is 19.7 Å². The first-order valence-electron chi connectivity index (χ1n) is 9.44. The molecule has 1 amide bonds. The van der Waals surface area contributed by atoms with Crippen LogP contribution in [0.25, 0.3) is 0 Å². The van der Waals surface area contributed by atoms with Crippen LogP contribution >= 0.6 is 0 Å². The zero-order chi connectivity index (χ0) is 19.6. The second-order valence-electron chi connectivity index (χ2n) is 7.49. The predicted octanol–water partition coefficient (Wildman–Crippen LogP) is 2.42. The van der Waals surface area contributed by atoms with Crippen molar-refractivity contribution >= 4 is 11.6 Å². The molecule has 3 rings (SSSR count). The van der Waals surface area contributed by atoms with Crippen LogP contribution in [-0.4, -0.2) is 32.2 Å². The lowest BCUT2D eigenvalue weighted by atomic mass is 10.0. The summed E-state index contributed by atoms with van der Waals surface area (Å²) in [4.78, 5) is 13.9. The van der Waals surface area contributed by atoms with Gasteiger partial charge in [-0.15, -0.1) is 0 Å². The third kappa shape index (κ3) is 4.42. The van der Waals surface area contributed by atoms with E-state index < -0.39 is 0 Å². The van der Waals surface area contributed by atoms with Gasteiger partial charge in [0.15, 0.2) is 17.5 Å². The molecule has 1 heterocycles. The maximum absolute atomic E-state index is 12.8. The Hall–Kier alpha value is -2.53. The van der Waals surface area contributed by atoms with Gasteiger partial charge >= 0.3 is 0 Å². The Morgan fingerprint density at radius 2 is 1.70 bits per heavy atom. The highest BCUT2D eigenvalue weighted by Gasteiger charge is 2.24. The van der Waals surface area contributed by atoms with Crippen molar-refractivity contribution in [1.82, 2.24) is 0 Å². The van der Waals surface area contributed by atoms with E-state index in [0.29, 0.717) is 13.2 Å². The Labute approximate surface area is 161 Å². The molecular formula is C22H29N2O3+. The quantitative estimate of drug-likeness (QED) is 0.851. The molecule has 0 saturated carbocycles. The van der Waals surface area contributed by atoms with Crippen LogP contribution in [0.5, 0.6) is 11.5 Å². The van der Waals surface area contributed by atoms with Gasteiger partial charge in [-0.3, -0.25) is 4.79 Å². The number of anilines is 1. The summed E-state index contributed by atoms with van der Waals surface area (Å²) in [5, 5.41) is 3.12. The summed E-state index contributed by atoms with van der Waals surface area (Å²) in [6.07, 6.45) is 0. The number of hydrogen-bond donors (Lipinski definition) is 2. The number of rotatable bonds is 5. The summed E-state index contributed by atoms with van der Waals surface area (Å²) in [6.45, 7) is 10.00. The van der Waals surface area contributed by atoms with E-state index in [1.165, 1.54) is 5.56 Å². The van der Waals surface area contributed by atoms with Crippen LogP contribution in [0.15, 0.2) is 30.3 Å². The molecule has 5 nitrogen and oxygen atoms in total. The van der Waals surface area contributed by atoms with Gasteiger partial charge < -0.3 is 19.7 Å². The molecule has 144 valence electrons. The Morgan fingerprint density at radius 1 is 1.07 bits per heavy atom. The first-order chi connectivity index (χ1) is 12.8. The van der Waals surface area contributed by atoms with Crippen LogP contribution in [0.3, 0.4) is 0 Å². The lowest BCUT2D eigenvalue weighted by molar-refractivity contribution is -0.907. The fourth-order valence-corrected chi connectivity index (χ4v) is 3.51. The number of hydrogen-bond acceptors (Lipinski definition) is 3. The van der Waals surface area contributed by atoms with E-state index in [2.05, 4.69) is 24.4 Å². The molecule has 2 N–H and O–H groups in total. The highest BCUT2D eigenvalue weighted by atomic mass is 16.6. The molecule has 2 aromatic rings. The minimum Gasteiger partial charge on any atom is -0.486 e. The van der Waals surface area contributed by atoms with Crippen molar-refractivity contribution in [2.75, 3.05) is 25.6 Å². The van der Waals surface area contributed by atoms with Crippen molar-refractivity contribution in [1.29, 1.82) is 0 Å². The zero-order valence-electron chi connectivity index (χ0n) is 16.8. The van der Waals surface area contributed by atoms with Crippen LogP contribution in [-0.2, 0) is 11.3 Å². The van der Waals surface area contributed by atoms with Gasteiger partial charge in [-0.25, -0.2) is 0 Å². The predicted molar refractivity (Wildman–Crippen MR) is 107 cm³/mol. The highest BCUT2D eigenvalue weighted by Crippen LogP contribution is 2.30. The third-order valence-electron chi connectivity index (χ3n) is 5.15. The van der Waals surface area contributed by atoms with Gasteiger partial charge in [-0.2, -0.15) is 0 Å². The number of benzene rings is 2. The summed E-state index contributed by atoms with van der Waals surface area (Å²) in [5.41, 5.74) is 5.44. The average molecular weight is 369 g/mol. The molecular weight excluding hydrogens is 340 g/mol. The van der Waals surface area contributed by atoms with Crippen molar-refractivity contribution in [2.24, 2.45) is 0 Å². The Morgan fingerprint density at radius 3 is 2.37 bits per heavy atom. The van der Waals surface area contributed by atoms with E-state index in [1.807, 2.05) is 46.0 Å². The summed E-state index contributed by atoms with van der Waals surface area (Å²) >= 11 is 0. The van der Waals surface area contributed by atoms with E-state index in [0.717, 1.165) is 45.3 Å². The second kappa shape index (κ2) is 8.01. The summed E-state index contributed by atoms with van der Waals surface area (Å²) in [7, 11) is 2.04. The van der Waals surface area contributed by atoms with Crippen LogP contribution in [0.2, 0.25) is 0 Å². The van der Waals surface area contributed by atoms with Crippen LogP contribution in [0.4, 0.5) is 5.69 Å². The zero-order valence-corrected chi connectivity index (χ0v) is 16.8. The molecule has 0 fully saturated rings. The molecule has 0 saturated heterocycles. The molecule has 2 aromatic carbocycles. The SMILES string of the molecule is Cc1cc(C)c(NC(=O)[C@@H](C)[NH+](C)Cc2ccc3c(c2)OCCO3)c(C)c1. The molecule has 5 heteroatoms. The molecule has 0 aromatic heterocycles. The van der Waals surface area contributed by atoms with Gasteiger partial charge in [0.05, 0.1) is 7.05 Å². The molecule has 0 bridgehead atoms. The molecule has 27 heavy (non-hydrogen) atoms. The fourth-order valence-electron chi connectivity index (χ4n) is 3.51. The third-order valence-corrected chi connectivity index (χ3v) is 5.15. The molecule has 2 atom stereocenters. The van der Waals surface area contributed by atoms with E-state index in [-0.39, 0.29) is 11.9 Å². The standard InChI is InChI=1S/C22H28N2O3/c1-14-10-15(2)21(16(3)11-14)23-22(25)17(4)24(5)13-18-6-7-19-20(12-18)27-9-8-26-19/h6-7,10-12,17H,8-9,13H2,1-5H3,(H,23,25)/p+1/t17-/m1/s1. The van der Waals surface area contributed by atoms with Gasteiger partial charge in [-0.05, 0) is 57.0 Å². The molecule has 1 aliphatic rings. The number of carbonyl (C=O) groups is 1. The number of ether oxygens (including phenoxy) is 2. The molecule has 0 aliphatic carbocycles. The largest absolute Gasteiger partial charge is 0.486 e. The summed E-state index contributed by atoms with van der Waals surface area (Å²) in [6, 6.07) is 10.0. The number of carbonyl (C=O) groups excluding carboxylic acids is 1. The van der Waals surface area contributed by atoms with Gasteiger partial charge in [0, 0.05) is 11.3 Å². The monoisotopic (exact) mass is 369 g/mol. The van der Waals surface area contributed by atoms with Crippen molar-refractivity contribution < 1.29 is 19.2 Å². The number of likely N-dealkylation sites (N-methyl/N-ethyl adjacent to an activating group) is 1. The van der Waals surface area contributed by atoms with Crippen molar-refractivity contribution in [3.8, 4) is 11.5 Å².